The molecule has 0 aromatic heterocycles. The van der Waals surface area contributed by atoms with E-state index in [-0.39, 0.29) is 23.1 Å². The number of fused-ring (bicyclic) bond motifs is 1. The number of hydrogen-bond acceptors (Lipinski definition) is 4. The van der Waals surface area contributed by atoms with E-state index in [1.165, 1.54) is 42.5 Å². The number of phenols is 1. The third-order valence-corrected chi connectivity index (χ3v) is 4.68. The van der Waals surface area contributed by atoms with Crippen LogP contribution in [0.4, 0.5) is 4.39 Å². The Balaban J connectivity index is 1.87. The minimum atomic E-state index is -3.50. The summed E-state index contributed by atoms with van der Waals surface area (Å²) >= 11 is 0. The van der Waals surface area contributed by atoms with E-state index in [1.807, 2.05) is 0 Å². The van der Waals surface area contributed by atoms with E-state index in [1.54, 1.807) is 0 Å². The highest BCUT2D eigenvalue weighted by Crippen LogP contribution is 2.35. The van der Waals surface area contributed by atoms with Crippen LogP contribution in [-0.4, -0.2) is 20.1 Å². The summed E-state index contributed by atoms with van der Waals surface area (Å²) in [5, 5.41) is 10.6. The van der Waals surface area contributed by atoms with Crippen LogP contribution in [-0.2, 0) is 9.84 Å². The van der Waals surface area contributed by atoms with E-state index in [0.29, 0.717) is 16.9 Å². The summed E-state index contributed by atoms with van der Waals surface area (Å²) in [5.41, 5.74) is 0.877. The van der Waals surface area contributed by atoms with Gasteiger partial charge in [0.2, 0.25) is 9.84 Å². The van der Waals surface area contributed by atoms with Gasteiger partial charge in [0, 0.05) is 16.5 Å². The normalized spacial score (nSPS) is 15.4. The second-order valence-corrected chi connectivity index (χ2v) is 6.38. The maximum absolute atomic E-state index is 12.8. The Kier molecular flexibility index (Phi) is 3.17. The minimum absolute atomic E-state index is 0.0152. The van der Waals surface area contributed by atoms with Gasteiger partial charge in [-0.1, -0.05) is 0 Å². The number of benzene rings is 2. The van der Waals surface area contributed by atoms with Gasteiger partial charge >= 0.3 is 0 Å². The maximum atomic E-state index is 12.8. The molecule has 6 heteroatoms. The van der Waals surface area contributed by atoms with Crippen LogP contribution in [0.1, 0.15) is 5.56 Å². The van der Waals surface area contributed by atoms with Gasteiger partial charge in [-0.05, 0) is 42.5 Å². The van der Waals surface area contributed by atoms with E-state index in [2.05, 4.69) is 0 Å². The lowest BCUT2D eigenvalue weighted by atomic mass is 10.1. The summed E-state index contributed by atoms with van der Waals surface area (Å²) in [5.74, 6) is 0.0436. The fourth-order valence-corrected chi connectivity index (χ4v) is 3.59. The second kappa shape index (κ2) is 4.89. The Morgan fingerprint density at radius 1 is 1.10 bits per heavy atom. The largest absolute Gasteiger partial charge is 0.508 e. The van der Waals surface area contributed by atoms with Crippen LogP contribution in [0.15, 0.2) is 52.8 Å². The number of aromatic hydroxyl groups is 1. The molecular formula is C15H11FO4S. The van der Waals surface area contributed by atoms with E-state index < -0.39 is 9.84 Å². The smallest absolute Gasteiger partial charge is 0.200 e. The second-order valence-electron chi connectivity index (χ2n) is 4.61. The Bertz CT molecular complexity index is 823. The molecule has 1 N–H and O–H groups in total. The van der Waals surface area contributed by atoms with Gasteiger partial charge < -0.3 is 9.84 Å². The van der Waals surface area contributed by atoms with Crippen LogP contribution in [0, 0.1) is 5.82 Å². The lowest BCUT2D eigenvalue weighted by Gasteiger charge is -2.08. The van der Waals surface area contributed by atoms with E-state index >= 15 is 0 Å². The quantitative estimate of drug-likeness (QED) is 0.947. The van der Waals surface area contributed by atoms with E-state index in [4.69, 9.17) is 4.74 Å². The summed E-state index contributed by atoms with van der Waals surface area (Å²) in [6, 6.07) is 9.52. The van der Waals surface area contributed by atoms with Crippen molar-refractivity contribution >= 4 is 15.4 Å². The first-order valence-electron chi connectivity index (χ1n) is 6.13. The molecule has 0 saturated carbocycles. The Labute approximate surface area is 121 Å². The van der Waals surface area contributed by atoms with Crippen molar-refractivity contribution in [3.8, 4) is 11.5 Å². The van der Waals surface area contributed by atoms with Crippen molar-refractivity contribution in [2.75, 3.05) is 6.61 Å². The minimum Gasteiger partial charge on any atom is -0.508 e. The molecule has 0 bridgehead atoms. The summed E-state index contributed by atoms with van der Waals surface area (Å²) in [4.78, 5) is 0.151. The predicted octanol–water partition coefficient (Wildman–Crippen LogP) is 2.74. The summed E-state index contributed by atoms with van der Waals surface area (Å²) in [6.07, 6.45) is 0. The first-order valence-corrected chi connectivity index (χ1v) is 7.68. The average Bonchev–Trinajstić information content (AvgIpc) is 2.69. The predicted molar refractivity (Wildman–Crippen MR) is 75.2 cm³/mol. The molecule has 0 radical (unpaired) electrons. The van der Waals surface area contributed by atoms with Gasteiger partial charge in [0.15, 0.2) is 0 Å². The zero-order valence-electron chi connectivity index (χ0n) is 10.8. The van der Waals surface area contributed by atoms with Crippen molar-refractivity contribution < 1.29 is 22.7 Å². The first-order chi connectivity index (χ1) is 9.95. The molecule has 0 unspecified atom stereocenters. The third-order valence-electron chi connectivity index (χ3n) is 3.12. The van der Waals surface area contributed by atoms with Crippen molar-refractivity contribution in [3.63, 3.8) is 0 Å². The molecule has 1 heterocycles. The Morgan fingerprint density at radius 2 is 1.81 bits per heavy atom. The van der Waals surface area contributed by atoms with Crippen molar-refractivity contribution in [1.29, 1.82) is 0 Å². The average molecular weight is 306 g/mol. The fourth-order valence-electron chi connectivity index (χ4n) is 2.13. The fraction of sp³-hybridized carbons (Fsp3) is 0.0667. The summed E-state index contributed by atoms with van der Waals surface area (Å²) in [7, 11) is -3.50. The molecule has 108 valence electrons. The highest BCUT2D eigenvalue weighted by Gasteiger charge is 2.27. The van der Waals surface area contributed by atoms with Gasteiger partial charge in [0.05, 0.1) is 4.90 Å². The monoisotopic (exact) mass is 306 g/mol. The molecule has 2 aromatic rings. The van der Waals surface area contributed by atoms with E-state index in [9.17, 15) is 17.9 Å². The van der Waals surface area contributed by atoms with Crippen molar-refractivity contribution in [3.05, 3.63) is 59.3 Å². The van der Waals surface area contributed by atoms with Gasteiger partial charge in [0.1, 0.15) is 23.9 Å². The van der Waals surface area contributed by atoms with Crippen molar-refractivity contribution in [2.45, 2.75) is 4.90 Å². The lowest BCUT2D eigenvalue weighted by Crippen LogP contribution is -1.99. The third kappa shape index (κ3) is 2.62. The number of hydrogen-bond donors (Lipinski definition) is 1. The van der Waals surface area contributed by atoms with Crippen LogP contribution in [0.25, 0.3) is 5.57 Å². The molecule has 1 aliphatic heterocycles. The van der Waals surface area contributed by atoms with Gasteiger partial charge in [0.25, 0.3) is 0 Å². The van der Waals surface area contributed by atoms with Gasteiger partial charge in [-0.25, -0.2) is 12.8 Å². The molecule has 21 heavy (non-hydrogen) atoms. The molecule has 0 fully saturated rings. The van der Waals surface area contributed by atoms with Crippen LogP contribution in [0.5, 0.6) is 11.5 Å². The highest BCUT2D eigenvalue weighted by atomic mass is 32.2. The molecule has 0 spiro atoms. The maximum Gasteiger partial charge on any atom is 0.200 e. The highest BCUT2D eigenvalue weighted by molar-refractivity contribution is 7.95. The standard InChI is InChI=1S/C15H11FO4S/c16-11-1-4-13(5-2-11)20-8-10-9-21(18,19)15-6-3-12(17)7-14(10)15/h1-7,9,17H,8H2. The van der Waals surface area contributed by atoms with Gasteiger partial charge in [-0.2, -0.15) is 0 Å². The lowest BCUT2D eigenvalue weighted by molar-refractivity contribution is 0.369. The topological polar surface area (TPSA) is 63.6 Å². The zero-order valence-corrected chi connectivity index (χ0v) is 11.6. The van der Waals surface area contributed by atoms with E-state index in [0.717, 1.165) is 5.41 Å². The Hall–Kier alpha value is -2.34. The number of rotatable bonds is 3. The Morgan fingerprint density at radius 3 is 2.52 bits per heavy atom. The van der Waals surface area contributed by atoms with Crippen molar-refractivity contribution in [1.82, 2.24) is 0 Å². The van der Waals surface area contributed by atoms with Gasteiger partial charge in [-0.15, -0.1) is 0 Å². The molecule has 4 nitrogen and oxygen atoms in total. The number of phenolic OH excluding ortho intramolecular Hbond substituents is 1. The first kappa shape index (κ1) is 13.6. The van der Waals surface area contributed by atoms with Crippen LogP contribution < -0.4 is 4.74 Å². The van der Waals surface area contributed by atoms with Crippen molar-refractivity contribution in [2.24, 2.45) is 0 Å². The molecule has 3 rings (SSSR count). The summed E-state index contributed by atoms with van der Waals surface area (Å²) < 4.78 is 42.2. The van der Waals surface area contributed by atoms with Crippen LogP contribution in [0.3, 0.4) is 0 Å². The summed E-state index contributed by atoms with van der Waals surface area (Å²) in [6.45, 7) is 0.0152. The molecule has 0 saturated heterocycles. The number of ether oxygens (including phenoxy) is 1. The molecular weight excluding hydrogens is 295 g/mol. The van der Waals surface area contributed by atoms with Gasteiger partial charge in [-0.3, -0.25) is 0 Å². The molecule has 1 aliphatic rings. The molecule has 0 atom stereocenters. The molecule has 0 aliphatic carbocycles. The molecule has 2 aromatic carbocycles. The van der Waals surface area contributed by atoms with Crippen LogP contribution >= 0.6 is 0 Å². The number of halogens is 1. The van der Waals surface area contributed by atoms with Crippen LogP contribution in [0.2, 0.25) is 0 Å². The molecule has 0 amide bonds. The zero-order chi connectivity index (χ0) is 15.0. The SMILES string of the molecule is O=S1(=O)C=C(COc2ccc(F)cc2)c2cc(O)ccc21. The number of sulfone groups is 1.